The van der Waals surface area contributed by atoms with Gasteiger partial charge in [0.15, 0.2) is 38.9 Å². The number of nitrogens with one attached hydrogen (secondary N) is 1. The average molecular weight is 685 g/mol. The Morgan fingerprint density at radius 1 is 1.00 bits per heavy atom. The molecule has 256 valence electrons. The molecule has 1 N–H and O–H groups in total. The van der Waals surface area contributed by atoms with Crippen molar-refractivity contribution in [1.82, 2.24) is 24.4 Å². The number of aromatic nitrogens is 4. The summed E-state index contributed by atoms with van der Waals surface area (Å²) in [4.78, 5) is 52.5. The van der Waals surface area contributed by atoms with Crippen LogP contribution in [0.5, 0.6) is 0 Å². The van der Waals surface area contributed by atoms with Crippen LogP contribution < -0.4 is 5.32 Å². The summed E-state index contributed by atoms with van der Waals surface area (Å²) in [6.45, 7) is 9.85. The van der Waals surface area contributed by atoms with Crippen molar-refractivity contribution >= 4 is 54.8 Å². The zero-order valence-electron chi connectivity index (χ0n) is 27.7. The fourth-order valence-electron chi connectivity index (χ4n) is 4.97. The Bertz CT molecular complexity index is 1340. The number of likely N-dealkylation sites (N-methyl/N-ethyl adjacent to an activating group) is 1. The molecule has 3 heterocycles. The highest BCUT2D eigenvalue weighted by Crippen LogP contribution is 2.39. The van der Waals surface area contributed by atoms with Gasteiger partial charge in [0.2, 0.25) is 11.2 Å². The van der Waals surface area contributed by atoms with Gasteiger partial charge in [-0.05, 0) is 78.8 Å². The Hall–Kier alpha value is -2.64. The van der Waals surface area contributed by atoms with Crippen molar-refractivity contribution in [3.05, 3.63) is 11.6 Å². The van der Waals surface area contributed by atoms with Gasteiger partial charge < -0.3 is 24.4 Å². The number of carbonyl (C=O) groups is 3. The monoisotopic (exact) mass is 684 g/mol. The highest BCUT2D eigenvalue weighted by Gasteiger charge is 2.32. The number of rotatable bonds is 13. The largest absolute Gasteiger partial charge is 0.438 e. The van der Waals surface area contributed by atoms with Crippen LogP contribution in [0.15, 0.2) is 6.33 Å². The summed E-state index contributed by atoms with van der Waals surface area (Å²) in [5.41, 5.74) is -0.206. The minimum atomic E-state index is -1.89. The molecule has 0 aromatic carbocycles. The van der Waals surface area contributed by atoms with E-state index in [0.717, 1.165) is 12.8 Å². The predicted octanol–water partition coefficient (Wildman–Crippen LogP) is 5.41. The standard InChI is InChI=1S/C30H46ClN6O8P/c1-29(2,3)26(39)41-17-43-46(44-18-42-27(40)30(4,5)6)15-21(38)36(7)14-20-12-13-22(45-20)37-16-32-23-24(33-19-10-8-9-11-19)34-28(31)35-25(23)37/h16,19-20,22H,8-15,17-18H2,1-7H3,(H,33,34,35). The van der Waals surface area contributed by atoms with E-state index in [1.165, 1.54) is 12.8 Å². The van der Waals surface area contributed by atoms with Crippen molar-refractivity contribution in [3.63, 3.8) is 0 Å². The normalized spacial score (nSPS) is 19.2. The van der Waals surface area contributed by atoms with Crippen LogP contribution in [-0.2, 0) is 37.6 Å². The highest BCUT2D eigenvalue weighted by atomic mass is 35.5. The number of nitrogens with zero attached hydrogens (tertiary/aromatic N) is 5. The first-order valence-electron chi connectivity index (χ1n) is 15.6. The maximum atomic E-state index is 13.2. The number of esters is 2. The number of imidazole rings is 1. The van der Waals surface area contributed by atoms with Crippen LogP contribution in [0.1, 0.15) is 86.3 Å². The molecule has 1 saturated carbocycles. The molecule has 2 atom stereocenters. The van der Waals surface area contributed by atoms with E-state index in [1.54, 1.807) is 59.8 Å². The fourth-order valence-corrected chi connectivity index (χ4v) is 6.19. The van der Waals surface area contributed by atoms with Gasteiger partial charge in [0, 0.05) is 19.6 Å². The van der Waals surface area contributed by atoms with E-state index in [2.05, 4.69) is 20.3 Å². The predicted molar refractivity (Wildman–Crippen MR) is 172 cm³/mol. The van der Waals surface area contributed by atoms with Gasteiger partial charge in [-0.3, -0.25) is 28.0 Å². The second kappa shape index (κ2) is 15.5. The number of hydrogen-bond donors (Lipinski definition) is 1. The number of hydrogen-bond acceptors (Lipinski definition) is 12. The minimum Gasteiger partial charge on any atom is -0.438 e. The van der Waals surface area contributed by atoms with Crippen molar-refractivity contribution in [2.75, 3.05) is 38.7 Å². The summed E-state index contributed by atoms with van der Waals surface area (Å²) >= 11 is 6.30. The van der Waals surface area contributed by atoms with Crippen LogP contribution in [-0.4, -0.2) is 87.8 Å². The first-order chi connectivity index (χ1) is 21.6. The number of halogens is 1. The second-order valence-corrected chi connectivity index (χ2v) is 15.5. The van der Waals surface area contributed by atoms with E-state index in [-0.39, 0.29) is 29.7 Å². The SMILES string of the molecule is CN(CC1CCC(n2cnc3c(NC4CCCC4)nc(Cl)nc32)O1)C(=O)CP(OCOC(=O)C(C)(C)C)OCOC(=O)C(C)(C)C. The molecule has 2 aliphatic rings. The third kappa shape index (κ3) is 9.93. The van der Waals surface area contributed by atoms with Gasteiger partial charge in [-0.25, -0.2) is 4.98 Å². The Morgan fingerprint density at radius 2 is 1.61 bits per heavy atom. The molecule has 2 aromatic rings. The van der Waals surface area contributed by atoms with Gasteiger partial charge in [0.05, 0.1) is 29.4 Å². The van der Waals surface area contributed by atoms with Gasteiger partial charge in [-0.15, -0.1) is 0 Å². The average Bonchev–Trinajstić information content (AvgIpc) is 3.73. The molecule has 1 aliphatic heterocycles. The van der Waals surface area contributed by atoms with Crippen molar-refractivity contribution in [1.29, 1.82) is 0 Å². The molecule has 2 fully saturated rings. The third-order valence-corrected chi connectivity index (χ3v) is 9.14. The number of amides is 1. The van der Waals surface area contributed by atoms with E-state index in [1.807, 2.05) is 4.57 Å². The Kier molecular flexibility index (Phi) is 12.2. The first kappa shape index (κ1) is 36.2. The van der Waals surface area contributed by atoms with Gasteiger partial charge in [0.1, 0.15) is 6.23 Å². The molecule has 1 aliphatic carbocycles. The number of ether oxygens (including phenoxy) is 3. The Labute approximate surface area is 276 Å². The molecule has 16 heteroatoms. The molecule has 2 aromatic heterocycles. The summed E-state index contributed by atoms with van der Waals surface area (Å²) in [6.07, 6.45) is 6.93. The summed E-state index contributed by atoms with van der Waals surface area (Å²) in [5, 5.41) is 3.61. The van der Waals surface area contributed by atoms with E-state index in [0.29, 0.717) is 42.4 Å². The Morgan fingerprint density at radius 3 is 2.20 bits per heavy atom. The van der Waals surface area contributed by atoms with E-state index >= 15 is 0 Å². The van der Waals surface area contributed by atoms with Crippen LogP contribution in [0.4, 0.5) is 5.82 Å². The van der Waals surface area contributed by atoms with Gasteiger partial charge in [-0.1, -0.05) is 12.8 Å². The van der Waals surface area contributed by atoms with Crippen molar-refractivity contribution < 1.29 is 37.6 Å². The molecule has 4 rings (SSSR count). The smallest absolute Gasteiger partial charge is 0.313 e. The second-order valence-electron chi connectivity index (χ2n) is 13.7. The topological polar surface area (TPSA) is 156 Å². The minimum absolute atomic E-state index is 0.136. The number of carbonyl (C=O) groups excluding carboxylic acids is 3. The third-order valence-electron chi connectivity index (χ3n) is 7.65. The molecule has 0 radical (unpaired) electrons. The lowest BCUT2D eigenvalue weighted by Crippen LogP contribution is -2.36. The lowest BCUT2D eigenvalue weighted by atomic mass is 9.98. The van der Waals surface area contributed by atoms with Gasteiger partial charge >= 0.3 is 11.9 Å². The molecule has 14 nitrogen and oxygen atoms in total. The molecule has 46 heavy (non-hydrogen) atoms. The van der Waals surface area contributed by atoms with E-state index in [4.69, 9.17) is 34.9 Å². The maximum Gasteiger partial charge on any atom is 0.313 e. The summed E-state index contributed by atoms with van der Waals surface area (Å²) in [5.74, 6) is -0.558. The molecule has 0 bridgehead atoms. The van der Waals surface area contributed by atoms with Crippen molar-refractivity contribution in [2.24, 2.45) is 10.8 Å². The van der Waals surface area contributed by atoms with Crippen molar-refractivity contribution in [2.45, 2.75) is 98.4 Å². The summed E-state index contributed by atoms with van der Waals surface area (Å²) in [6, 6.07) is 0.341. The van der Waals surface area contributed by atoms with Gasteiger partial charge in [0.25, 0.3) is 0 Å². The lowest BCUT2D eigenvalue weighted by Gasteiger charge is -2.25. The number of fused-ring (bicyclic) bond motifs is 1. The van der Waals surface area contributed by atoms with Crippen LogP contribution in [0.2, 0.25) is 5.28 Å². The highest BCUT2D eigenvalue weighted by molar-refractivity contribution is 7.48. The lowest BCUT2D eigenvalue weighted by molar-refractivity contribution is -0.161. The van der Waals surface area contributed by atoms with E-state index in [9.17, 15) is 14.4 Å². The van der Waals surface area contributed by atoms with E-state index < -0.39 is 44.7 Å². The van der Waals surface area contributed by atoms with Crippen LogP contribution in [0, 0.1) is 10.8 Å². The molecular formula is C30H46ClN6O8P. The molecule has 0 spiro atoms. The summed E-state index contributed by atoms with van der Waals surface area (Å²) in [7, 11) is -0.212. The Balaban J connectivity index is 1.33. The van der Waals surface area contributed by atoms with Crippen molar-refractivity contribution in [3.8, 4) is 0 Å². The first-order valence-corrected chi connectivity index (χ1v) is 17.3. The quantitative estimate of drug-likeness (QED) is 0.124. The van der Waals surface area contributed by atoms with Crippen LogP contribution >= 0.6 is 20.0 Å². The number of anilines is 1. The maximum absolute atomic E-state index is 13.2. The fraction of sp³-hybridized carbons (Fsp3) is 0.733. The van der Waals surface area contributed by atoms with Crippen LogP contribution in [0.3, 0.4) is 0 Å². The van der Waals surface area contributed by atoms with Crippen LogP contribution in [0.25, 0.3) is 11.2 Å². The molecule has 1 saturated heterocycles. The summed E-state index contributed by atoms with van der Waals surface area (Å²) < 4.78 is 29.8. The zero-order valence-corrected chi connectivity index (χ0v) is 29.4. The van der Waals surface area contributed by atoms with Gasteiger partial charge in [-0.2, -0.15) is 9.97 Å². The molecule has 2 unspecified atom stereocenters. The zero-order chi connectivity index (χ0) is 33.6. The molecule has 1 amide bonds. The molecular weight excluding hydrogens is 639 g/mol.